The van der Waals surface area contributed by atoms with Gasteiger partial charge in [-0.3, -0.25) is 0 Å². The molecule has 0 aliphatic rings. The van der Waals surface area contributed by atoms with Gasteiger partial charge in [0.05, 0.1) is 0 Å². The van der Waals surface area contributed by atoms with E-state index in [2.05, 4.69) is 0 Å². The summed E-state index contributed by atoms with van der Waals surface area (Å²) in [5.41, 5.74) is 0. The van der Waals surface area contributed by atoms with Crippen molar-refractivity contribution >= 4 is 0 Å². The van der Waals surface area contributed by atoms with Crippen LogP contribution in [-0.2, 0) is 0 Å². The number of hydrogen-bond donors (Lipinski definition) is 1. The Morgan fingerprint density at radius 1 is 1.75 bits per heavy atom. The third-order valence-electron chi connectivity index (χ3n) is 0.863. The van der Waals surface area contributed by atoms with Gasteiger partial charge in [-0.25, -0.2) is 0 Å². The molecule has 0 aromatic heterocycles. The lowest BCUT2D eigenvalue weighted by Gasteiger charge is -2.02. The molecular formula is C6H7O2-. The first-order valence-corrected chi connectivity index (χ1v) is 2.39. The fraction of sp³-hybridized carbons (Fsp3) is 0.167. The molecule has 0 saturated heterocycles. The Bertz CT molecular complexity index is 132. The molecule has 2 nitrogen and oxygen atoms in total. The highest BCUT2D eigenvalue weighted by Gasteiger charge is 1.74. The van der Waals surface area contributed by atoms with Gasteiger partial charge in [0.1, 0.15) is 0 Å². The van der Waals surface area contributed by atoms with Gasteiger partial charge in [-0.2, -0.15) is 18.2 Å². The highest BCUT2D eigenvalue weighted by molar-refractivity contribution is 5.22. The molecule has 0 aliphatic heterocycles. The molecule has 0 unspecified atom stereocenters. The lowest BCUT2D eigenvalue weighted by molar-refractivity contribution is 0.0989. The molecule has 0 atom stereocenters. The first-order valence-electron chi connectivity index (χ1n) is 2.39. The van der Waals surface area contributed by atoms with Crippen LogP contribution in [0.25, 0.3) is 0 Å². The maximum atomic E-state index is 8.22. The van der Waals surface area contributed by atoms with Crippen LogP contribution < -0.4 is 4.74 Å². The van der Waals surface area contributed by atoms with Crippen molar-refractivity contribution in [3.05, 3.63) is 24.3 Å². The zero-order valence-electron chi connectivity index (χ0n) is 4.37. The summed E-state index contributed by atoms with van der Waals surface area (Å²) >= 11 is 0. The van der Waals surface area contributed by atoms with E-state index in [0.29, 0.717) is 5.75 Å². The largest absolute Gasteiger partial charge is 0.540 e. The molecule has 44 valence electrons. The summed E-state index contributed by atoms with van der Waals surface area (Å²) in [4.78, 5) is 0. The van der Waals surface area contributed by atoms with E-state index >= 15 is 0 Å². The normalized spacial score (nSPS) is 9.12. The van der Waals surface area contributed by atoms with Crippen LogP contribution in [0.2, 0.25) is 0 Å². The van der Waals surface area contributed by atoms with E-state index < -0.39 is 0 Å². The van der Waals surface area contributed by atoms with Crippen LogP contribution in [-0.4, -0.2) is 11.9 Å². The standard InChI is InChI=1S/C6H7O2/c7-5-8-6-3-1-2-4-6/h1-4,7H,5H2/q-1. The van der Waals surface area contributed by atoms with E-state index in [-0.39, 0.29) is 6.79 Å². The van der Waals surface area contributed by atoms with Crippen LogP contribution in [0.3, 0.4) is 0 Å². The third-order valence-corrected chi connectivity index (χ3v) is 0.863. The number of aliphatic hydroxyl groups is 1. The second-order valence-electron chi connectivity index (χ2n) is 1.39. The average molecular weight is 111 g/mol. The minimum atomic E-state index is -0.246. The molecule has 1 N–H and O–H groups in total. The lowest BCUT2D eigenvalue weighted by Crippen LogP contribution is -1.91. The molecule has 8 heavy (non-hydrogen) atoms. The summed E-state index contributed by atoms with van der Waals surface area (Å²) in [6.07, 6.45) is 0. The highest BCUT2D eigenvalue weighted by Crippen LogP contribution is 2.08. The Kier molecular flexibility index (Phi) is 1.59. The van der Waals surface area contributed by atoms with Crippen LogP contribution in [0, 0.1) is 0 Å². The molecule has 1 aromatic carbocycles. The van der Waals surface area contributed by atoms with Gasteiger partial charge in [0.2, 0.25) is 0 Å². The highest BCUT2D eigenvalue weighted by atomic mass is 16.6. The van der Waals surface area contributed by atoms with Crippen molar-refractivity contribution in [2.24, 2.45) is 0 Å². The van der Waals surface area contributed by atoms with Crippen molar-refractivity contribution in [3.63, 3.8) is 0 Å². The van der Waals surface area contributed by atoms with Crippen molar-refractivity contribution in [2.45, 2.75) is 0 Å². The zero-order chi connectivity index (χ0) is 5.82. The van der Waals surface area contributed by atoms with Crippen molar-refractivity contribution in [2.75, 3.05) is 6.79 Å². The van der Waals surface area contributed by atoms with E-state index in [0.717, 1.165) is 0 Å². The van der Waals surface area contributed by atoms with Gasteiger partial charge in [-0.1, -0.05) is 0 Å². The van der Waals surface area contributed by atoms with Gasteiger partial charge in [0, 0.05) is 0 Å². The van der Waals surface area contributed by atoms with E-state index in [1.165, 1.54) is 0 Å². The summed E-state index contributed by atoms with van der Waals surface area (Å²) in [5.74, 6) is 0.715. The summed E-state index contributed by atoms with van der Waals surface area (Å²) in [5, 5.41) is 8.22. The molecule has 0 heterocycles. The van der Waals surface area contributed by atoms with Crippen molar-refractivity contribution < 1.29 is 9.84 Å². The maximum absolute atomic E-state index is 8.22. The van der Waals surface area contributed by atoms with Gasteiger partial charge < -0.3 is 9.84 Å². The first kappa shape index (κ1) is 5.25. The zero-order valence-corrected chi connectivity index (χ0v) is 4.37. The second kappa shape index (κ2) is 2.43. The molecule has 0 amide bonds. The van der Waals surface area contributed by atoms with Crippen LogP contribution in [0.15, 0.2) is 24.3 Å². The lowest BCUT2D eigenvalue weighted by atomic mass is 10.6. The monoisotopic (exact) mass is 111 g/mol. The third kappa shape index (κ3) is 1.04. The molecule has 0 spiro atoms. The number of rotatable bonds is 2. The van der Waals surface area contributed by atoms with E-state index in [1.807, 2.05) is 12.1 Å². The Morgan fingerprint density at radius 3 is 3.12 bits per heavy atom. The van der Waals surface area contributed by atoms with Crippen LogP contribution in [0.1, 0.15) is 0 Å². The number of hydrogen-bond acceptors (Lipinski definition) is 2. The summed E-state index contributed by atoms with van der Waals surface area (Å²) in [6, 6.07) is 7.28. The summed E-state index contributed by atoms with van der Waals surface area (Å²) in [7, 11) is 0. The van der Waals surface area contributed by atoms with Gasteiger partial charge in [0.25, 0.3) is 0 Å². The predicted octanol–water partition coefficient (Wildman–Crippen LogP) is 0.734. The van der Waals surface area contributed by atoms with Gasteiger partial charge >= 0.3 is 0 Å². The Hall–Kier alpha value is -0.890. The quantitative estimate of drug-likeness (QED) is 0.450. The summed E-state index contributed by atoms with van der Waals surface area (Å²) in [6.45, 7) is -0.246. The molecule has 0 aliphatic carbocycles. The van der Waals surface area contributed by atoms with Crippen molar-refractivity contribution in [1.82, 2.24) is 0 Å². The minimum Gasteiger partial charge on any atom is -0.540 e. The van der Waals surface area contributed by atoms with Crippen LogP contribution >= 0.6 is 0 Å². The molecule has 0 saturated carbocycles. The smallest absolute Gasteiger partial charge is 0.170 e. The van der Waals surface area contributed by atoms with Crippen LogP contribution in [0.5, 0.6) is 5.75 Å². The molecular weight excluding hydrogens is 104 g/mol. The first-order chi connectivity index (χ1) is 3.93. The molecule has 1 aromatic rings. The topological polar surface area (TPSA) is 29.5 Å². The van der Waals surface area contributed by atoms with Crippen molar-refractivity contribution in [1.29, 1.82) is 0 Å². The maximum Gasteiger partial charge on any atom is 0.170 e. The van der Waals surface area contributed by atoms with E-state index in [1.54, 1.807) is 12.1 Å². The SMILES string of the molecule is OCOc1cc[cH-]c1. The van der Waals surface area contributed by atoms with Crippen LogP contribution in [0.4, 0.5) is 0 Å². The average Bonchev–Trinajstić information content (AvgIpc) is 2.19. The van der Waals surface area contributed by atoms with E-state index in [9.17, 15) is 0 Å². The molecule has 1 rings (SSSR count). The van der Waals surface area contributed by atoms with Gasteiger partial charge in [-0.15, -0.1) is 6.07 Å². The molecule has 0 radical (unpaired) electrons. The van der Waals surface area contributed by atoms with E-state index in [4.69, 9.17) is 9.84 Å². The van der Waals surface area contributed by atoms with Crippen molar-refractivity contribution in [3.8, 4) is 5.75 Å². The minimum absolute atomic E-state index is 0.246. The Morgan fingerprint density at radius 2 is 2.62 bits per heavy atom. The fourth-order valence-electron chi connectivity index (χ4n) is 0.527. The fourth-order valence-corrected chi connectivity index (χ4v) is 0.527. The predicted molar refractivity (Wildman–Crippen MR) is 29.7 cm³/mol. The Labute approximate surface area is 47.7 Å². The molecule has 0 fully saturated rings. The Balaban J connectivity index is 2.50. The van der Waals surface area contributed by atoms with Gasteiger partial charge in [-0.05, 0) is 5.75 Å². The molecule has 0 bridgehead atoms. The van der Waals surface area contributed by atoms with Gasteiger partial charge in [0.15, 0.2) is 6.79 Å². The number of ether oxygens (including phenoxy) is 1. The number of aliphatic hydroxyl groups excluding tert-OH is 1. The summed E-state index contributed by atoms with van der Waals surface area (Å²) < 4.78 is 4.70. The second-order valence-corrected chi connectivity index (χ2v) is 1.39. The molecule has 2 heteroatoms.